The Morgan fingerprint density at radius 1 is 0.857 bits per heavy atom. The lowest BCUT2D eigenvalue weighted by Gasteiger charge is -2.43. The molecule has 3 rings (SSSR count). The van der Waals surface area contributed by atoms with Crippen molar-refractivity contribution >= 4 is 15.7 Å². The van der Waals surface area contributed by atoms with E-state index in [-0.39, 0.29) is 23.5 Å². The summed E-state index contributed by atoms with van der Waals surface area (Å²) in [5, 5.41) is 0. The number of nitrogens with zero attached hydrogens (tertiary/aromatic N) is 2. The molecule has 1 saturated heterocycles. The number of carbonyl (C=O) groups excluding carboxylic acids is 1. The van der Waals surface area contributed by atoms with E-state index in [9.17, 15) is 13.2 Å². The molecule has 0 aromatic carbocycles. The summed E-state index contributed by atoms with van der Waals surface area (Å²) >= 11 is 0. The van der Waals surface area contributed by atoms with E-state index < -0.39 is 9.84 Å². The molecule has 0 bridgehead atoms. The van der Waals surface area contributed by atoms with Crippen LogP contribution in [0, 0.1) is 0 Å². The van der Waals surface area contributed by atoms with Crippen LogP contribution in [0.2, 0.25) is 0 Å². The molecule has 162 valence electrons. The highest BCUT2D eigenvalue weighted by molar-refractivity contribution is 7.91. The van der Waals surface area contributed by atoms with Crippen molar-refractivity contribution in [2.24, 2.45) is 0 Å². The van der Waals surface area contributed by atoms with Crippen LogP contribution in [-0.2, 0) is 14.6 Å². The minimum atomic E-state index is -2.93. The maximum absolute atomic E-state index is 13.6. The number of sulfone groups is 1. The van der Waals surface area contributed by atoms with E-state index in [2.05, 4.69) is 16.7 Å². The van der Waals surface area contributed by atoms with E-state index in [4.69, 9.17) is 0 Å². The quantitative estimate of drug-likeness (QED) is 0.609. The standard InChI is InChI=1S/C22H40N2O3S/c1-2-3-15-23(21-14-16-28(26,27)18-21)17-22(25)24(19-10-6-4-7-11-19)20-12-8-5-9-13-20/h19-21H,2-18H2,1H3. The van der Waals surface area contributed by atoms with Crippen molar-refractivity contribution in [1.82, 2.24) is 9.80 Å². The zero-order chi connectivity index (χ0) is 20.0. The van der Waals surface area contributed by atoms with Crippen LogP contribution >= 0.6 is 0 Å². The molecule has 1 heterocycles. The zero-order valence-electron chi connectivity index (χ0n) is 17.8. The largest absolute Gasteiger partial charge is 0.336 e. The van der Waals surface area contributed by atoms with Crippen molar-refractivity contribution in [3.8, 4) is 0 Å². The van der Waals surface area contributed by atoms with E-state index >= 15 is 0 Å². The van der Waals surface area contributed by atoms with Crippen molar-refractivity contribution in [3.63, 3.8) is 0 Å². The molecule has 6 heteroatoms. The third-order valence-corrected chi connectivity index (χ3v) is 8.84. The van der Waals surface area contributed by atoms with Gasteiger partial charge in [0.2, 0.25) is 5.91 Å². The van der Waals surface area contributed by atoms with Gasteiger partial charge in [-0.3, -0.25) is 9.69 Å². The van der Waals surface area contributed by atoms with Crippen LogP contribution in [0.4, 0.5) is 0 Å². The number of carbonyl (C=O) groups is 1. The molecule has 0 aromatic rings. The topological polar surface area (TPSA) is 57.7 Å². The van der Waals surface area contributed by atoms with Gasteiger partial charge in [-0.2, -0.15) is 0 Å². The Labute approximate surface area is 172 Å². The van der Waals surface area contributed by atoms with Crippen LogP contribution in [0.5, 0.6) is 0 Å². The maximum atomic E-state index is 13.6. The van der Waals surface area contributed by atoms with Crippen molar-refractivity contribution in [2.45, 2.75) is 109 Å². The van der Waals surface area contributed by atoms with Crippen LogP contribution in [0.25, 0.3) is 0 Å². The first kappa shape index (κ1) is 22.1. The van der Waals surface area contributed by atoms with Gasteiger partial charge in [0.05, 0.1) is 18.1 Å². The first-order valence-electron chi connectivity index (χ1n) is 11.8. The molecule has 2 saturated carbocycles. The van der Waals surface area contributed by atoms with Gasteiger partial charge in [0.25, 0.3) is 0 Å². The van der Waals surface area contributed by atoms with Crippen LogP contribution < -0.4 is 0 Å². The molecule has 1 aliphatic heterocycles. The molecule has 0 spiro atoms. The van der Waals surface area contributed by atoms with Gasteiger partial charge in [-0.05, 0) is 45.1 Å². The Morgan fingerprint density at radius 3 is 1.89 bits per heavy atom. The van der Waals surface area contributed by atoms with E-state index in [0.717, 1.165) is 45.1 Å². The molecule has 0 aromatic heterocycles. The predicted octanol–water partition coefficient (Wildman–Crippen LogP) is 3.77. The van der Waals surface area contributed by atoms with Gasteiger partial charge < -0.3 is 4.90 Å². The summed E-state index contributed by atoms with van der Waals surface area (Å²) in [5.41, 5.74) is 0. The highest BCUT2D eigenvalue weighted by Crippen LogP contribution is 2.31. The summed E-state index contributed by atoms with van der Waals surface area (Å²) in [6.07, 6.45) is 14.9. The molecule has 28 heavy (non-hydrogen) atoms. The molecule has 0 N–H and O–H groups in total. The third kappa shape index (κ3) is 5.94. The Hall–Kier alpha value is -0.620. The van der Waals surface area contributed by atoms with Crippen molar-refractivity contribution in [1.29, 1.82) is 0 Å². The lowest BCUT2D eigenvalue weighted by atomic mass is 9.88. The van der Waals surface area contributed by atoms with Gasteiger partial charge in [0.15, 0.2) is 9.84 Å². The van der Waals surface area contributed by atoms with E-state index in [0.29, 0.717) is 25.0 Å². The summed E-state index contributed by atoms with van der Waals surface area (Å²) < 4.78 is 24.0. The number of amides is 1. The van der Waals surface area contributed by atoms with Gasteiger partial charge in [0, 0.05) is 18.1 Å². The number of hydrogen-bond acceptors (Lipinski definition) is 4. The Morgan fingerprint density at radius 2 is 1.43 bits per heavy atom. The minimum absolute atomic E-state index is 0.0278. The average Bonchev–Trinajstić information content (AvgIpc) is 3.06. The summed E-state index contributed by atoms with van der Waals surface area (Å²) in [6, 6.07) is 0.842. The van der Waals surface area contributed by atoms with E-state index in [1.165, 1.54) is 38.5 Å². The first-order chi connectivity index (χ1) is 13.5. The zero-order valence-corrected chi connectivity index (χ0v) is 18.6. The van der Waals surface area contributed by atoms with E-state index in [1.54, 1.807) is 0 Å². The lowest BCUT2D eigenvalue weighted by Crippen LogP contribution is -2.53. The smallest absolute Gasteiger partial charge is 0.237 e. The second-order valence-corrected chi connectivity index (χ2v) is 11.5. The first-order valence-corrected chi connectivity index (χ1v) is 13.6. The number of unbranched alkanes of at least 4 members (excludes halogenated alkanes) is 1. The average molecular weight is 413 g/mol. The Bertz CT molecular complexity index is 577. The van der Waals surface area contributed by atoms with Crippen LogP contribution in [0.15, 0.2) is 0 Å². The van der Waals surface area contributed by atoms with Crippen LogP contribution in [0.3, 0.4) is 0 Å². The SMILES string of the molecule is CCCCN(CC(=O)N(C1CCCCC1)C1CCCCC1)C1CCS(=O)(=O)C1. The van der Waals surface area contributed by atoms with Gasteiger partial charge in [0.1, 0.15) is 0 Å². The van der Waals surface area contributed by atoms with E-state index in [1.807, 2.05) is 0 Å². The molecule has 0 radical (unpaired) electrons. The second-order valence-electron chi connectivity index (χ2n) is 9.27. The minimum Gasteiger partial charge on any atom is -0.336 e. The van der Waals surface area contributed by atoms with Gasteiger partial charge in [-0.25, -0.2) is 8.42 Å². The molecule has 1 amide bonds. The lowest BCUT2D eigenvalue weighted by molar-refractivity contribution is -0.139. The number of rotatable bonds is 8. The summed E-state index contributed by atoms with van der Waals surface area (Å²) in [5.74, 6) is 0.777. The third-order valence-electron chi connectivity index (χ3n) is 7.09. The van der Waals surface area contributed by atoms with Crippen molar-refractivity contribution in [3.05, 3.63) is 0 Å². The summed E-state index contributed by atoms with van der Waals surface area (Å²) in [7, 11) is -2.93. The fraction of sp³-hybridized carbons (Fsp3) is 0.955. The molecular weight excluding hydrogens is 372 g/mol. The highest BCUT2D eigenvalue weighted by Gasteiger charge is 2.36. The van der Waals surface area contributed by atoms with Crippen molar-refractivity contribution < 1.29 is 13.2 Å². The molecule has 3 fully saturated rings. The fourth-order valence-corrected chi connectivity index (χ4v) is 7.26. The molecule has 1 unspecified atom stereocenters. The second kappa shape index (κ2) is 10.4. The highest BCUT2D eigenvalue weighted by atomic mass is 32.2. The van der Waals surface area contributed by atoms with Gasteiger partial charge in [-0.1, -0.05) is 51.9 Å². The molecular formula is C22H40N2O3S. The molecule has 1 atom stereocenters. The molecule has 3 aliphatic rings. The van der Waals surface area contributed by atoms with Crippen LogP contribution in [-0.4, -0.2) is 66.8 Å². The fourth-order valence-electron chi connectivity index (χ4n) is 5.49. The monoisotopic (exact) mass is 412 g/mol. The number of hydrogen-bond donors (Lipinski definition) is 0. The van der Waals surface area contributed by atoms with Gasteiger partial charge >= 0.3 is 0 Å². The molecule has 2 aliphatic carbocycles. The maximum Gasteiger partial charge on any atom is 0.237 e. The van der Waals surface area contributed by atoms with Crippen molar-refractivity contribution in [2.75, 3.05) is 24.6 Å². The van der Waals surface area contributed by atoms with Crippen LogP contribution in [0.1, 0.15) is 90.4 Å². The summed E-state index contributed by atoms with van der Waals surface area (Å²) in [6.45, 7) is 3.40. The normalized spacial score (nSPS) is 26.6. The Balaban J connectivity index is 1.71. The predicted molar refractivity (Wildman–Crippen MR) is 114 cm³/mol. The van der Waals surface area contributed by atoms with Gasteiger partial charge in [-0.15, -0.1) is 0 Å². The Kier molecular flexibility index (Phi) is 8.22. The molecule has 5 nitrogen and oxygen atoms in total. The summed E-state index contributed by atoms with van der Waals surface area (Å²) in [4.78, 5) is 18.1.